The van der Waals surface area contributed by atoms with E-state index >= 15 is 0 Å². The van der Waals surface area contributed by atoms with Crippen LogP contribution < -0.4 is 10.5 Å². The highest BCUT2D eigenvalue weighted by Crippen LogP contribution is 2.38. The number of alkyl halides is 3. The summed E-state index contributed by atoms with van der Waals surface area (Å²) < 4.78 is 40.3. The monoisotopic (exact) mass is 364 g/mol. The average molecular weight is 365 g/mol. The first-order valence-electron chi connectivity index (χ1n) is 5.67. The van der Waals surface area contributed by atoms with E-state index in [1.54, 1.807) is 6.07 Å². The normalized spacial score (nSPS) is 11.1. The Hall–Kier alpha value is -2.44. The summed E-state index contributed by atoms with van der Waals surface area (Å²) in [4.78, 5) is 17.4. The van der Waals surface area contributed by atoms with Crippen LogP contribution >= 0.6 is 23.2 Å². The van der Waals surface area contributed by atoms with E-state index in [0.29, 0.717) is 0 Å². The van der Waals surface area contributed by atoms with Gasteiger partial charge in [-0.25, -0.2) is 4.98 Å². The number of H-pyrrole nitrogens is 1. The predicted molar refractivity (Wildman–Crippen MR) is 74.0 cm³/mol. The second-order valence-corrected chi connectivity index (χ2v) is 4.91. The zero-order valence-electron chi connectivity index (χ0n) is 10.8. The largest absolute Gasteiger partial charge is 0.573 e. The van der Waals surface area contributed by atoms with Crippen molar-refractivity contribution in [2.24, 2.45) is 5.73 Å². The molecule has 0 fully saturated rings. The molecule has 23 heavy (non-hydrogen) atoms. The van der Waals surface area contributed by atoms with E-state index in [1.165, 1.54) is 0 Å². The molecule has 0 saturated carbocycles. The average Bonchev–Trinajstić information content (AvgIpc) is 2.79. The van der Waals surface area contributed by atoms with E-state index in [0.717, 1.165) is 12.1 Å². The third-order valence-corrected chi connectivity index (χ3v) is 3.13. The lowest BCUT2D eigenvalue weighted by Gasteiger charge is -2.11. The number of nitrogens with one attached hydrogen (secondary N) is 1. The minimum atomic E-state index is -4.91. The number of nitrogens with zero attached hydrogens (tertiary/aromatic N) is 2. The molecular formula is C12H5Cl2F3N4O2. The number of ether oxygens (including phenoxy) is 1. The van der Waals surface area contributed by atoms with Gasteiger partial charge in [-0.3, -0.25) is 4.79 Å². The van der Waals surface area contributed by atoms with Gasteiger partial charge in [0.2, 0.25) is 0 Å². The van der Waals surface area contributed by atoms with Gasteiger partial charge in [-0.05, 0) is 12.1 Å². The number of imidazole rings is 1. The molecule has 11 heteroatoms. The number of halogens is 5. The van der Waals surface area contributed by atoms with Crippen molar-refractivity contribution in [1.29, 1.82) is 5.26 Å². The van der Waals surface area contributed by atoms with E-state index < -0.39 is 18.0 Å². The molecule has 2 aromatic rings. The van der Waals surface area contributed by atoms with Gasteiger partial charge in [0.05, 0.1) is 15.6 Å². The second-order valence-electron chi connectivity index (χ2n) is 4.09. The molecule has 6 nitrogen and oxygen atoms in total. The standard InChI is InChI=1S/C12H5Cl2F3N4O2/c13-5-1-4(23-12(15,16)17)2-6(14)8(5)11-20-7(3-18)9(21-11)10(19)22/h1-2H,(H2,19,22)(H,20,21). The van der Waals surface area contributed by atoms with Crippen LogP contribution in [-0.4, -0.2) is 22.2 Å². The van der Waals surface area contributed by atoms with Crippen LogP contribution in [0.4, 0.5) is 13.2 Å². The molecule has 0 aliphatic carbocycles. The van der Waals surface area contributed by atoms with Crippen LogP contribution in [0, 0.1) is 11.3 Å². The van der Waals surface area contributed by atoms with Crippen LogP contribution in [0.5, 0.6) is 5.75 Å². The number of hydrogen-bond donors (Lipinski definition) is 2. The van der Waals surface area contributed by atoms with Crippen LogP contribution in [0.3, 0.4) is 0 Å². The molecule has 0 spiro atoms. The van der Waals surface area contributed by atoms with Crippen LogP contribution in [0.1, 0.15) is 16.2 Å². The summed E-state index contributed by atoms with van der Waals surface area (Å²) in [5, 5.41) is 8.44. The van der Waals surface area contributed by atoms with Crippen LogP contribution in [-0.2, 0) is 0 Å². The van der Waals surface area contributed by atoms with Gasteiger partial charge in [-0.2, -0.15) is 5.26 Å². The zero-order chi connectivity index (χ0) is 17.4. The third-order valence-electron chi connectivity index (χ3n) is 2.54. The molecule has 1 amide bonds. The topological polar surface area (TPSA) is 105 Å². The Morgan fingerprint density at radius 1 is 1.35 bits per heavy atom. The van der Waals surface area contributed by atoms with Gasteiger partial charge in [-0.15, -0.1) is 13.2 Å². The number of carbonyl (C=O) groups excluding carboxylic acids is 1. The quantitative estimate of drug-likeness (QED) is 0.871. The first-order chi connectivity index (χ1) is 10.6. The van der Waals surface area contributed by atoms with E-state index in [-0.39, 0.29) is 32.8 Å². The molecule has 120 valence electrons. The fourth-order valence-electron chi connectivity index (χ4n) is 1.72. The molecule has 1 aromatic carbocycles. The predicted octanol–water partition coefficient (Wildman–Crippen LogP) is 3.25. The molecule has 0 aliphatic heterocycles. The van der Waals surface area contributed by atoms with E-state index in [1.807, 2.05) is 0 Å². The molecule has 0 unspecified atom stereocenters. The van der Waals surface area contributed by atoms with Crippen molar-refractivity contribution >= 4 is 29.1 Å². The minimum Gasteiger partial charge on any atom is -0.406 e. The Kier molecular flexibility index (Phi) is 4.40. The molecule has 3 N–H and O–H groups in total. The van der Waals surface area contributed by atoms with Crippen LogP contribution in [0.15, 0.2) is 12.1 Å². The first kappa shape index (κ1) is 16.9. The lowest BCUT2D eigenvalue weighted by atomic mass is 10.2. The fourth-order valence-corrected chi connectivity index (χ4v) is 2.37. The summed E-state index contributed by atoms with van der Waals surface area (Å²) in [5.74, 6) is -1.68. The van der Waals surface area contributed by atoms with Crippen molar-refractivity contribution in [3.8, 4) is 23.2 Å². The van der Waals surface area contributed by atoms with Crippen LogP contribution in [0.25, 0.3) is 11.4 Å². The van der Waals surface area contributed by atoms with Gasteiger partial charge >= 0.3 is 6.36 Å². The van der Waals surface area contributed by atoms with Gasteiger partial charge in [0, 0.05) is 0 Å². The Morgan fingerprint density at radius 3 is 2.30 bits per heavy atom. The number of aromatic nitrogens is 2. The Morgan fingerprint density at radius 2 is 1.91 bits per heavy atom. The highest BCUT2D eigenvalue weighted by Gasteiger charge is 2.32. The summed E-state index contributed by atoms with van der Waals surface area (Å²) in [7, 11) is 0. The lowest BCUT2D eigenvalue weighted by Crippen LogP contribution is -2.17. The molecule has 0 saturated heterocycles. The van der Waals surface area contributed by atoms with Gasteiger partial charge in [0.25, 0.3) is 5.91 Å². The summed E-state index contributed by atoms with van der Waals surface area (Å²) >= 11 is 11.8. The first-order valence-corrected chi connectivity index (χ1v) is 6.43. The number of rotatable bonds is 3. The highest BCUT2D eigenvalue weighted by molar-refractivity contribution is 6.39. The Bertz CT molecular complexity index is 804. The van der Waals surface area contributed by atoms with Crippen LogP contribution in [0.2, 0.25) is 10.0 Å². The van der Waals surface area contributed by atoms with Crippen molar-refractivity contribution in [2.45, 2.75) is 6.36 Å². The number of nitrogens with two attached hydrogens (primary N) is 1. The maximum Gasteiger partial charge on any atom is 0.573 e. The zero-order valence-corrected chi connectivity index (χ0v) is 12.3. The number of hydrogen-bond acceptors (Lipinski definition) is 4. The van der Waals surface area contributed by atoms with Gasteiger partial charge in [-0.1, -0.05) is 23.2 Å². The molecule has 1 heterocycles. The maximum atomic E-state index is 12.2. The van der Waals surface area contributed by atoms with Gasteiger partial charge in [0.15, 0.2) is 11.4 Å². The van der Waals surface area contributed by atoms with E-state index in [4.69, 9.17) is 34.2 Å². The van der Waals surface area contributed by atoms with Crippen molar-refractivity contribution in [3.63, 3.8) is 0 Å². The SMILES string of the molecule is N#Cc1[nH]c(-c2c(Cl)cc(OC(F)(F)F)cc2Cl)nc1C(N)=O. The highest BCUT2D eigenvalue weighted by atomic mass is 35.5. The Labute approximate surface area is 136 Å². The number of aromatic amines is 1. The molecule has 0 atom stereocenters. The van der Waals surface area contributed by atoms with E-state index in [2.05, 4.69) is 14.7 Å². The van der Waals surface area contributed by atoms with Crippen molar-refractivity contribution in [3.05, 3.63) is 33.6 Å². The smallest absolute Gasteiger partial charge is 0.406 e. The molecule has 1 aromatic heterocycles. The molecule has 2 rings (SSSR count). The number of benzene rings is 1. The molecule has 0 bridgehead atoms. The van der Waals surface area contributed by atoms with Gasteiger partial charge in [0.1, 0.15) is 17.6 Å². The lowest BCUT2D eigenvalue weighted by molar-refractivity contribution is -0.274. The summed E-state index contributed by atoms with van der Waals surface area (Å²) in [5.41, 5.74) is 4.49. The Balaban J connectivity index is 2.53. The minimum absolute atomic E-state index is 0.00754. The summed E-state index contributed by atoms with van der Waals surface area (Å²) in [6.07, 6.45) is -4.91. The number of carbonyl (C=O) groups is 1. The number of amides is 1. The maximum absolute atomic E-state index is 12.2. The molecule has 0 aliphatic rings. The second kappa shape index (κ2) is 5.98. The number of nitriles is 1. The van der Waals surface area contributed by atoms with E-state index in [9.17, 15) is 18.0 Å². The molecule has 0 radical (unpaired) electrons. The number of primary amides is 1. The molecular weight excluding hydrogens is 360 g/mol. The van der Waals surface area contributed by atoms with Crippen molar-refractivity contribution in [1.82, 2.24) is 9.97 Å². The fraction of sp³-hybridized carbons (Fsp3) is 0.0833. The van der Waals surface area contributed by atoms with Crippen molar-refractivity contribution in [2.75, 3.05) is 0 Å². The van der Waals surface area contributed by atoms with Gasteiger partial charge < -0.3 is 15.5 Å². The van der Waals surface area contributed by atoms with Crippen molar-refractivity contribution < 1.29 is 22.7 Å². The summed E-state index contributed by atoms with van der Waals surface area (Å²) in [6.45, 7) is 0. The third kappa shape index (κ3) is 3.67. The summed E-state index contributed by atoms with van der Waals surface area (Å²) in [6, 6.07) is 3.41.